The number of rotatable bonds is 5. The van der Waals surface area contributed by atoms with Crippen LogP contribution < -0.4 is 5.32 Å². The molecular formula is C12H23NO4S. The number of carbonyl (C=O) groups excluding carboxylic acids is 1. The van der Waals surface area contributed by atoms with Gasteiger partial charge in [0.05, 0.1) is 11.4 Å². The summed E-state index contributed by atoms with van der Waals surface area (Å²) in [6, 6.07) is 0. The van der Waals surface area contributed by atoms with E-state index in [0.717, 1.165) is 31.9 Å². The third kappa shape index (κ3) is 6.35. The van der Waals surface area contributed by atoms with E-state index in [4.69, 9.17) is 0 Å². The van der Waals surface area contributed by atoms with Crippen molar-refractivity contribution in [3.63, 3.8) is 0 Å². The third-order valence-corrected chi connectivity index (χ3v) is 4.29. The first kappa shape index (κ1) is 15.4. The van der Waals surface area contributed by atoms with Gasteiger partial charge in [-0.2, -0.15) is 0 Å². The molecule has 0 unspecified atom stereocenters. The third-order valence-electron chi connectivity index (χ3n) is 3.35. The SMILES string of the molecule is CS(=O)(=O)CCC(=O)NCC1(O)CCCCCC1. The summed E-state index contributed by atoms with van der Waals surface area (Å²) in [7, 11) is -3.11. The average Bonchev–Trinajstić information content (AvgIpc) is 2.48. The molecule has 0 aliphatic heterocycles. The summed E-state index contributed by atoms with van der Waals surface area (Å²) in [4.78, 5) is 11.5. The summed E-state index contributed by atoms with van der Waals surface area (Å²) in [5.41, 5.74) is -0.808. The van der Waals surface area contributed by atoms with Crippen LogP contribution in [0.5, 0.6) is 0 Å². The fourth-order valence-electron chi connectivity index (χ4n) is 2.19. The van der Waals surface area contributed by atoms with E-state index in [0.29, 0.717) is 12.8 Å². The molecule has 1 amide bonds. The van der Waals surface area contributed by atoms with Crippen LogP contribution >= 0.6 is 0 Å². The minimum absolute atomic E-state index is 0.0328. The van der Waals surface area contributed by atoms with Gasteiger partial charge in [0.25, 0.3) is 0 Å². The van der Waals surface area contributed by atoms with Crippen LogP contribution in [0.2, 0.25) is 0 Å². The minimum Gasteiger partial charge on any atom is -0.388 e. The molecule has 0 radical (unpaired) electrons. The molecule has 106 valence electrons. The second-order valence-corrected chi connectivity index (χ2v) is 7.55. The summed E-state index contributed by atoms with van der Waals surface area (Å²) < 4.78 is 21.8. The topological polar surface area (TPSA) is 83.5 Å². The summed E-state index contributed by atoms with van der Waals surface area (Å²) in [6.45, 7) is 0.232. The molecule has 1 saturated carbocycles. The van der Waals surface area contributed by atoms with E-state index in [1.165, 1.54) is 0 Å². The van der Waals surface area contributed by atoms with Gasteiger partial charge in [-0.3, -0.25) is 4.79 Å². The normalized spacial score (nSPS) is 20.1. The summed E-state index contributed by atoms with van der Waals surface area (Å²) >= 11 is 0. The molecule has 5 nitrogen and oxygen atoms in total. The predicted molar refractivity (Wildman–Crippen MR) is 70.0 cm³/mol. The molecular weight excluding hydrogens is 254 g/mol. The van der Waals surface area contributed by atoms with E-state index < -0.39 is 15.4 Å². The van der Waals surface area contributed by atoms with E-state index in [1.807, 2.05) is 0 Å². The number of hydrogen-bond donors (Lipinski definition) is 2. The van der Waals surface area contributed by atoms with Crippen LogP contribution in [0.1, 0.15) is 44.9 Å². The largest absolute Gasteiger partial charge is 0.388 e. The van der Waals surface area contributed by atoms with Gasteiger partial charge in [-0.05, 0) is 12.8 Å². The van der Waals surface area contributed by atoms with Gasteiger partial charge >= 0.3 is 0 Å². The Bertz CT molecular complexity index is 370. The second kappa shape index (κ2) is 6.52. The first-order valence-electron chi connectivity index (χ1n) is 6.48. The van der Waals surface area contributed by atoms with Crippen LogP contribution in [-0.2, 0) is 14.6 Å². The van der Waals surface area contributed by atoms with Crippen LogP contribution in [-0.4, -0.2) is 43.6 Å². The van der Waals surface area contributed by atoms with Crippen molar-refractivity contribution in [2.45, 2.75) is 50.5 Å². The highest BCUT2D eigenvalue weighted by atomic mass is 32.2. The van der Waals surface area contributed by atoms with Gasteiger partial charge < -0.3 is 10.4 Å². The van der Waals surface area contributed by atoms with Crippen LogP contribution in [0.3, 0.4) is 0 Å². The van der Waals surface area contributed by atoms with Crippen molar-refractivity contribution in [1.82, 2.24) is 5.32 Å². The zero-order valence-electron chi connectivity index (χ0n) is 10.9. The highest BCUT2D eigenvalue weighted by molar-refractivity contribution is 7.90. The zero-order chi connectivity index (χ0) is 13.6. The summed E-state index contributed by atoms with van der Waals surface area (Å²) in [5, 5.41) is 12.9. The van der Waals surface area contributed by atoms with E-state index in [-0.39, 0.29) is 24.6 Å². The Kier molecular flexibility index (Phi) is 5.59. The molecule has 1 fully saturated rings. The molecule has 0 atom stereocenters. The summed E-state index contributed by atoms with van der Waals surface area (Å²) in [6.07, 6.45) is 6.72. The molecule has 0 saturated heterocycles. The maximum absolute atomic E-state index is 11.5. The molecule has 0 aromatic heterocycles. The predicted octanol–water partition coefficient (Wildman–Crippen LogP) is 0.623. The lowest BCUT2D eigenvalue weighted by Gasteiger charge is -2.26. The molecule has 1 rings (SSSR count). The van der Waals surface area contributed by atoms with Crippen molar-refractivity contribution in [3.05, 3.63) is 0 Å². The zero-order valence-corrected chi connectivity index (χ0v) is 11.8. The van der Waals surface area contributed by atoms with Gasteiger partial charge in [-0.25, -0.2) is 8.42 Å². The number of sulfone groups is 1. The maximum atomic E-state index is 11.5. The number of hydrogen-bond acceptors (Lipinski definition) is 4. The standard InChI is InChI=1S/C12H23NO4S/c1-18(16,17)9-6-11(14)13-10-12(15)7-4-2-3-5-8-12/h15H,2-10H2,1H3,(H,13,14). The Morgan fingerprint density at radius 2 is 1.78 bits per heavy atom. The molecule has 0 spiro atoms. The van der Waals surface area contributed by atoms with Crippen LogP contribution in [0.15, 0.2) is 0 Å². The molecule has 1 aliphatic carbocycles. The van der Waals surface area contributed by atoms with Gasteiger partial charge in [-0.1, -0.05) is 25.7 Å². The smallest absolute Gasteiger partial charge is 0.221 e. The van der Waals surface area contributed by atoms with Gasteiger partial charge in [-0.15, -0.1) is 0 Å². The highest BCUT2D eigenvalue weighted by Gasteiger charge is 2.28. The average molecular weight is 277 g/mol. The molecule has 2 N–H and O–H groups in total. The van der Waals surface area contributed by atoms with E-state index >= 15 is 0 Å². The Balaban J connectivity index is 2.32. The monoisotopic (exact) mass is 277 g/mol. The van der Waals surface area contributed by atoms with Gasteiger partial charge in [0.15, 0.2) is 0 Å². The van der Waals surface area contributed by atoms with E-state index in [1.54, 1.807) is 0 Å². The fourth-order valence-corrected chi connectivity index (χ4v) is 2.75. The van der Waals surface area contributed by atoms with E-state index in [2.05, 4.69) is 5.32 Å². The highest BCUT2D eigenvalue weighted by Crippen LogP contribution is 2.26. The van der Waals surface area contributed by atoms with Gasteiger partial charge in [0, 0.05) is 19.2 Å². The Labute approximate surface area is 109 Å². The number of carbonyl (C=O) groups is 1. The molecule has 18 heavy (non-hydrogen) atoms. The first-order valence-corrected chi connectivity index (χ1v) is 8.54. The van der Waals surface area contributed by atoms with Crippen molar-refractivity contribution in [2.75, 3.05) is 18.6 Å². The fraction of sp³-hybridized carbons (Fsp3) is 0.917. The molecule has 6 heteroatoms. The van der Waals surface area contributed by atoms with Crippen LogP contribution in [0.25, 0.3) is 0 Å². The maximum Gasteiger partial charge on any atom is 0.221 e. The molecule has 1 aliphatic rings. The number of aliphatic hydroxyl groups is 1. The van der Waals surface area contributed by atoms with Gasteiger partial charge in [0.2, 0.25) is 5.91 Å². The molecule has 0 heterocycles. The Morgan fingerprint density at radius 3 is 2.28 bits per heavy atom. The summed E-state index contributed by atoms with van der Waals surface area (Å²) in [5.74, 6) is -0.449. The lowest BCUT2D eigenvalue weighted by Crippen LogP contribution is -2.42. The lowest BCUT2D eigenvalue weighted by atomic mass is 9.94. The number of amides is 1. The number of nitrogens with one attached hydrogen (secondary N) is 1. The lowest BCUT2D eigenvalue weighted by molar-refractivity contribution is -0.122. The molecule has 0 aromatic rings. The molecule has 0 aromatic carbocycles. The van der Waals surface area contributed by atoms with Crippen molar-refractivity contribution in [2.24, 2.45) is 0 Å². The van der Waals surface area contributed by atoms with Crippen LogP contribution in [0, 0.1) is 0 Å². The van der Waals surface area contributed by atoms with Gasteiger partial charge in [0.1, 0.15) is 9.84 Å². The molecule has 0 bridgehead atoms. The second-order valence-electron chi connectivity index (χ2n) is 5.30. The minimum atomic E-state index is -3.11. The quantitative estimate of drug-likeness (QED) is 0.722. The first-order chi connectivity index (χ1) is 8.31. The van der Waals surface area contributed by atoms with Crippen molar-refractivity contribution in [3.8, 4) is 0 Å². The van der Waals surface area contributed by atoms with Crippen molar-refractivity contribution >= 4 is 15.7 Å². The van der Waals surface area contributed by atoms with Crippen molar-refractivity contribution < 1.29 is 18.3 Å². The van der Waals surface area contributed by atoms with Crippen LogP contribution in [0.4, 0.5) is 0 Å². The van der Waals surface area contributed by atoms with Crippen molar-refractivity contribution in [1.29, 1.82) is 0 Å². The Morgan fingerprint density at radius 1 is 1.22 bits per heavy atom. The Hall–Kier alpha value is -0.620. The van der Waals surface area contributed by atoms with E-state index in [9.17, 15) is 18.3 Å².